The molecule has 5 nitrogen and oxygen atoms in total. The van der Waals surface area contributed by atoms with Crippen LogP contribution in [0.5, 0.6) is 5.75 Å². The Hall–Kier alpha value is -1.56. The molecule has 1 amide bonds. The highest BCUT2D eigenvalue weighted by atomic mass is 79.9. The number of benzene rings is 1. The zero-order valence-corrected chi connectivity index (χ0v) is 11.4. The zero-order valence-electron chi connectivity index (χ0n) is 9.86. The summed E-state index contributed by atoms with van der Waals surface area (Å²) in [6, 6.07) is 4.35. The minimum Gasteiger partial charge on any atom is -0.478 e. The van der Waals surface area contributed by atoms with Crippen LogP contribution < -0.4 is 10.1 Å². The Balaban J connectivity index is 2.43. The van der Waals surface area contributed by atoms with Gasteiger partial charge in [0.15, 0.2) is 0 Å². The Morgan fingerprint density at radius 1 is 1.50 bits per heavy atom. The Bertz CT molecular complexity index is 529. The number of carboxylic acid groups (broad SMARTS) is 1. The predicted molar refractivity (Wildman–Crippen MR) is 69.2 cm³/mol. The number of ether oxygens (including phenoxy) is 1. The number of amides is 1. The molecule has 1 unspecified atom stereocenters. The van der Waals surface area contributed by atoms with Crippen molar-refractivity contribution in [3.8, 4) is 5.75 Å². The van der Waals surface area contributed by atoms with Crippen molar-refractivity contribution >= 4 is 33.5 Å². The van der Waals surface area contributed by atoms with Gasteiger partial charge in [-0.25, -0.2) is 4.79 Å². The number of halogens is 1. The van der Waals surface area contributed by atoms with Crippen molar-refractivity contribution in [1.82, 2.24) is 0 Å². The Kier molecular flexibility index (Phi) is 3.06. The van der Waals surface area contributed by atoms with Crippen molar-refractivity contribution < 1.29 is 19.4 Å². The number of aromatic carboxylic acids is 1. The number of hydrogen-bond acceptors (Lipinski definition) is 3. The van der Waals surface area contributed by atoms with Crippen molar-refractivity contribution in [1.29, 1.82) is 0 Å². The molecule has 2 N–H and O–H groups in total. The fourth-order valence-electron chi connectivity index (χ4n) is 1.64. The molecule has 0 aliphatic carbocycles. The lowest BCUT2D eigenvalue weighted by Gasteiger charge is -2.35. The second kappa shape index (κ2) is 4.28. The van der Waals surface area contributed by atoms with Crippen LogP contribution in [-0.4, -0.2) is 21.5 Å². The second-order valence-corrected chi connectivity index (χ2v) is 5.55. The smallest absolute Gasteiger partial charge is 0.335 e. The third-order valence-corrected chi connectivity index (χ3v) is 4.22. The van der Waals surface area contributed by atoms with Crippen LogP contribution in [0.1, 0.15) is 24.2 Å². The maximum Gasteiger partial charge on any atom is 0.335 e. The van der Waals surface area contributed by atoms with Gasteiger partial charge in [0.05, 0.1) is 11.3 Å². The number of carbonyl (C=O) groups excluding carboxylic acids is 1. The fraction of sp³-hybridized carbons (Fsp3) is 0.333. The van der Waals surface area contributed by atoms with Crippen LogP contribution in [0.4, 0.5) is 5.69 Å². The minimum absolute atomic E-state index is 0.0789. The molecule has 1 aromatic carbocycles. The topological polar surface area (TPSA) is 75.6 Å². The molecular weight excluding hydrogens is 302 g/mol. The van der Waals surface area contributed by atoms with E-state index in [-0.39, 0.29) is 17.4 Å². The summed E-state index contributed by atoms with van der Waals surface area (Å²) in [5.41, 5.74) is 0.472. The molecule has 2 rings (SSSR count). The van der Waals surface area contributed by atoms with Gasteiger partial charge in [-0.1, -0.05) is 13.8 Å². The summed E-state index contributed by atoms with van der Waals surface area (Å²) in [5, 5.41) is 11.5. The first-order valence-electron chi connectivity index (χ1n) is 5.41. The zero-order chi connectivity index (χ0) is 13.5. The lowest BCUT2D eigenvalue weighted by atomic mass is 10.0. The number of alkyl halides is 1. The summed E-state index contributed by atoms with van der Waals surface area (Å²) in [5.74, 6) is -1.02. The van der Waals surface area contributed by atoms with E-state index in [4.69, 9.17) is 9.84 Å². The first kappa shape index (κ1) is 12.9. The molecular formula is C12H12BrNO4. The van der Waals surface area contributed by atoms with E-state index in [2.05, 4.69) is 21.2 Å². The monoisotopic (exact) mass is 313 g/mol. The molecule has 18 heavy (non-hydrogen) atoms. The molecule has 0 saturated carbocycles. The molecule has 0 spiro atoms. The van der Waals surface area contributed by atoms with Crippen LogP contribution in [-0.2, 0) is 4.79 Å². The van der Waals surface area contributed by atoms with Crippen LogP contribution in [0.25, 0.3) is 0 Å². The van der Waals surface area contributed by atoms with Gasteiger partial charge in [0.2, 0.25) is 4.51 Å². The molecule has 96 valence electrons. The van der Waals surface area contributed by atoms with Crippen LogP contribution in [0.3, 0.4) is 0 Å². The molecule has 0 aromatic heterocycles. The van der Waals surface area contributed by atoms with Gasteiger partial charge < -0.3 is 15.2 Å². The molecule has 1 heterocycles. The van der Waals surface area contributed by atoms with Gasteiger partial charge in [-0.05, 0) is 34.1 Å². The van der Waals surface area contributed by atoms with Crippen molar-refractivity contribution in [2.75, 3.05) is 5.32 Å². The van der Waals surface area contributed by atoms with Gasteiger partial charge in [-0.2, -0.15) is 0 Å². The Morgan fingerprint density at radius 3 is 2.72 bits per heavy atom. The Labute approximate surface area is 112 Å². The molecule has 0 bridgehead atoms. The normalized spacial score (nSPS) is 22.1. The van der Waals surface area contributed by atoms with Gasteiger partial charge in [0.25, 0.3) is 5.91 Å². The van der Waals surface area contributed by atoms with Crippen molar-refractivity contribution in [3.05, 3.63) is 23.8 Å². The second-order valence-electron chi connectivity index (χ2n) is 4.37. The number of rotatable bonds is 2. The van der Waals surface area contributed by atoms with Crippen LogP contribution in [0.2, 0.25) is 0 Å². The van der Waals surface area contributed by atoms with E-state index in [9.17, 15) is 9.59 Å². The summed E-state index contributed by atoms with van der Waals surface area (Å²) >= 11 is 3.29. The summed E-state index contributed by atoms with van der Waals surface area (Å²) in [6.07, 6.45) is 0. The molecule has 1 aliphatic rings. The van der Waals surface area contributed by atoms with E-state index >= 15 is 0 Å². The van der Waals surface area contributed by atoms with Crippen molar-refractivity contribution in [2.45, 2.75) is 18.4 Å². The number of carbonyl (C=O) groups is 2. The summed E-state index contributed by atoms with van der Waals surface area (Å²) in [4.78, 5) is 22.8. The Morgan fingerprint density at radius 2 is 2.17 bits per heavy atom. The van der Waals surface area contributed by atoms with E-state index in [1.54, 1.807) is 0 Å². The van der Waals surface area contributed by atoms with Crippen molar-refractivity contribution in [3.63, 3.8) is 0 Å². The third-order valence-electron chi connectivity index (χ3n) is 2.79. The molecule has 6 heteroatoms. The highest BCUT2D eigenvalue weighted by Crippen LogP contribution is 2.40. The maximum absolute atomic E-state index is 12.0. The maximum atomic E-state index is 12.0. The molecule has 1 aromatic rings. The standard InChI is InChI=1S/C12H12BrNO4/c1-6(2)12(13)11(17)14-8-5-7(10(15)16)3-4-9(8)18-12/h3-6H,1-2H3,(H,14,17)(H,15,16). The highest BCUT2D eigenvalue weighted by Gasteiger charge is 2.45. The van der Waals surface area contributed by atoms with Gasteiger partial charge in [-0.15, -0.1) is 0 Å². The van der Waals surface area contributed by atoms with Gasteiger partial charge in [0.1, 0.15) is 5.75 Å². The number of nitrogens with one attached hydrogen (secondary N) is 1. The fourth-order valence-corrected chi connectivity index (χ4v) is 1.92. The van der Waals surface area contributed by atoms with Gasteiger partial charge in [-0.3, -0.25) is 4.79 Å². The molecule has 1 atom stereocenters. The largest absolute Gasteiger partial charge is 0.478 e. The average molecular weight is 314 g/mol. The lowest BCUT2D eigenvalue weighted by Crippen LogP contribution is -2.49. The quantitative estimate of drug-likeness (QED) is 0.822. The molecule has 0 saturated heterocycles. The summed E-state index contributed by atoms with van der Waals surface area (Å²) in [7, 11) is 0. The molecule has 0 fully saturated rings. The number of carboxylic acids is 1. The van der Waals surface area contributed by atoms with E-state index in [1.807, 2.05) is 13.8 Å². The van der Waals surface area contributed by atoms with Crippen LogP contribution in [0, 0.1) is 5.92 Å². The van der Waals surface area contributed by atoms with Crippen LogP contribution >= 0.6 is 15.9 Å². The number of anilines is 1. The van der Waals surface area contributed by atoms with Crippen LogP contribution in [0.15, 0.2) is 18.2 Å². The van der Waals surface area contributed by atoms with Gasteiger partial charge in [0, 0.05) is 5.92 Å². The summed E-state index contributed by atoms with van der Waals surface area (Å²) in [6.45, 7) is 3.70. The molecule has 0 radical (unpaired) electrons. The number of hydrogen-bond donors (Lipinski definition) is 2. The van der Waals surface area contributed by atoms with E-state index in [0.717, 1.165) is 0 Å². The first-order chi connectivity index (χ1) is 8.34. The van der Waals surface area contributed by atoms with E-state index < -0.39 is 10.5 Å². The number of fused-ring (bicyclic) bond motifs is 1. The molecule has 1 aliphatic heterocycles. The summed E-state index contributed by atoms with van der Waals surface area (Å²) < 4.78 is 4.52. The lowest BCUT2D eigenvalue weighted by molar-refractivity contribution is -0.127. The minimum atomic E-state index is -1.12. The highest BCUT2D eigenvalue weighted by molar-refractivity contribution is 9.10. The first-order valence-corrected chi connectivity index (χ1v) is 6.20. The van der Waals surface area contributed by atoms with E-state index in [1.165, 1.54) is 18.2 Å². The average Bonchev–Trinajstić information content (AvgIpc) is 2.29. The third kappa shape index (κ3) is 1.96. The van der Waals surface area contributed by atoms with Gasteiger partial charge >= 0.3 is 5.97 Å². The van der Waals surface area contributed by atoms with E-state index in [0.29, 0.717) is 11.4 Å². The van der Waals surface area contributed by atoms with Crippen molar-refractivity contribution in [2.24, 2.45) is 5.92 Å². The predicted octanol–water partition coefficient (Wildman–Crippen LogP) is 2.46. The SMILES string of the molecule is CC(C)C1(Br)Oc2ccc(C(=O)O)cc2NC1=O.